The Morgan fingerprint density at radius 2 is 1.59 bits per heavy atom. The molecule has 4 nitrogen and oxygen atoms in total. The number of esters is 1. The summed E-state index contributed by atoms with van der Waals surface area (Å²) in [6, 6.07) is 15.0. The van der Waals surface area contributed by atoms with Crippen LogP contribution < -0.4 is 9.64 Å². The van der Waals surface area contributed by atoms with Crippen LogP contribution in [0.3, 0.4) is 0 Å². The molecule has 1 fully saturated rings. The summed E-state index contributed by atoms with van der Waals surface area (Å²) in [7, 11) is 0. The Hall–Kier alpha value is -3.72. The van der Waals surface area contributed by atoms with Gasteiger partial charge in [0.1, 0.15) is 0 Å². The van der Waals surface area contributed by atoms with E-state index in [4.69, 9.17) is 0 Å². The van der Waals surface area contributed by atoms with Crippen LogP contribution in [-0.2, 0) is 6.54 Å². The third-order valence-corrected chi connectivity index (χ3v) is 6.31. The Balaban J connectivity index is 1.53. The summed E-state index contributed by atoms with van der Waals surface area (Å²) in [6.45, 7) is 7.04. The second-order valence-corrected chi connectivity index (χ2v) is 8.81. The lowest BCUT2D eigenvalue weighted by atomic mass is 10.0. The third kappa shape index (κ3) is 5.51. The highest BCUT2D eigenvalue weighted by molar-refractivity contribution is 5.93. The number of ether oxygens (including phenoxy) is 1. The number of nitrogens with zero attached hydrogens (tertiary/aromatic N) is 2. The Kier molecular flexibility index (Phi) is 7.92. The van der Waals surface area contributed by atoms with E-state index in [-0.39, 0.29) is 11.6 Å². The lowest BCUT2D eigenvalue weighted by molar-refractivity contribution is 0.0716. The molecule has 37 heavy (non-hydrogen) atoms. The minimum absolute atomic E-state index is 0.100. The zero-order valence-corrected chi connectivity index (χ0v) is 20.3. The molecule has 3 aromatic carbocycles. The average molecular weight is 517 g/mol. The van der Waals surface area contributed by atoms with Crippen LogP contribution in [0, 0.1) is 29.1 Å². The number of rotatable bonds is 6. The molecule has 0 aromatic heterocycles. The van der Waals surface area contributed by atoms with Gasteiger partial charge in [0.25, 0.3) is 0 Å². The van der Waals surface area contributed by atoms with Gasteiger partial charge in [-0.2, -0.15) is 8.78 Å². The second kappa shape index (κ2) is 11.1. The van der Waals surface area contributed by atoms with Crippen LogP contribution in [0.4, 0.5) is 27.6 Å². The number of piperazine rings is 1. The number of carbonyl (C=O) groups is 1. The number of benzene rings is 3. The number of hydrogen-bond acceptors (Lipinski definition) is 4. The van der Waals surface area contributed by atoms with Crippen LogP contribution in [0.2, 0.25) is 0 Å². The van der Waals surface area contributed by atoms with Crippen molar-refractivity contribution in [3.05, 3.63) is 100 Å². The molecule has 1 atom stereocenters. The molecule has 1 saturated heterocycles. The minimum atomic E-state index is -2.33. The van der Waals surface area contributed by atoms with Crippen molar-refractivity contribution in [2.45, 2.75) is 26.4 Å². The molecule has 0 radical (unpaired) electrons. The van der Waals surface area contributed by atoms with E-state index in [0.29, 0.717) is 5.56 Å². The van der Waals surface area contributed by atoms with Gasteiger partial charge in [-0.25, -0.2) is 18.0 Å². The van der Waals surface area contributed by atoms with Crippen molar-refractivity contribution in [1.29, 1.82) is 0 Å². The van der Waals surface area contributed by atoms with Crippen LogP contribution in [0.25, 0.3) is 6.08 Å². The highest BCUT2D eigenvalue weighted by atomic mass is 19.2. The van der Waals surface area contributed by atoms with Gasteiger partial charge in [0.2, 0.25) is 34.8 Å². The van der Waals surface area contributed by atoms with Gasteiger partial charge in [-0.3, -0.25) is 4.90 Å². The maximum Gasteiger partial charge on any atom is 0.343 e. The third-order valence-electron chi connectivity index (χ3n) is 6.31. The van der Waals surface area contributed by atoms with Gasteiger partial charge in [0, 0.05) is 37.9 Å². The molecule has 0 saturated carbocycles. The fourth-order valence-electron chi connectivity index (χ4n) is 4.38. The molecule has 4 rings (SSSR count). The van der Waals surface area contributed by atoms with Gasteiger partial charge < -0.3 is 9.64 Å². The van der Waals surface area contributed by atoms with Gasteiger partial charge in [0.15, 0.2) is 0 Å². The smallest absolute Gasteiger partial charge is 0.343 e. The molecular formula is C28H25F5N2O2. The van der Waals surface area contributed by atoms with E-state index in [0.717, 1.165) is 31.9 Å². The van der Waals surface area contributed by atoms with Crippen molar-refractivity contribution in [3.8, 4) is 5.75 Å². The first-order valence-electron chi connectivity index (χ1n) is 11.7. The topological polar surface area (TPSA) is 32.8 Å². The van der Waals surface area contributed by atoms with Crippen LogP contribution in [0.5, 0.6) is 5.75 Å². The standard InChI is InChI=1S/C28H25F5N2O2/c1-3-7-19-14-20(28(36)37-27-25(32)23(30)22(29)24(31)26(27)33)10-11-21(19)35-13-12-34(17(2)15-35)16-18-8-5-4-6-9-18/h3-11,14,17H,12-13,15-16H2,1-2H3. The SMILES string of the molecule is CC=Cc1cc(C(=O)Oc2c(F)c(F)c(F)c(F)c2F)ccc1N1CCN(Cc2ccccc2)C(C)C1. The first-order valence-corrected chi connectivity index (χ1v) is 11.7. The molecule has 0 amide bonds. The number of halogens is 5. The minimum Gasteiger partial charge on any atom is -0.416 e. The molecule has 1 unspecified atom stereocenters. The van der Waals surface area contributed by atoms with Gasteiger partial charge in [-0.05, 0) is 43.2 Å². The Morgan fingerprint density at radius 3 is 2.22 bits per heavy atom. The highest BCUT2D eigenvalue weighted by Gasteiger charge is 2.29. The molecule has 194 valence electrons. The monoisotopic (exact) mass is 516 g/mol. The Labute approximate surface area is 211 Å². The highest BCUT2D eigenvalue weighted by Crippen LogP contribution is 2.31. The van der Waals surface area contributed by atoms with Crippen LogP contribution in [0.15, 0.2) is 54.6 Å². The van der Waals surface area contributed by atoms with Crippen molar-refractivity contribution in [3.63, 3.8) is 0 Å². The Morgan fingerprint density at radius 1 is 0.946 bits per heavy atom. The van der Waals surface area contributed by atoms with Crippen LogP contribution in [-0.4, -0.2) is 36.5 Å². The van der Waals surface area contributed by atoms with E-state index < -0.39 is 40.8 Å². The zero-order valence-electron chi connectivity index (χ0n) is 20.3. The van der Waals surface area contributed by atoms with Crippen molar-refractivity contribution >= 4 is 17.7 Å². The maximum atomic E-state index is 14.0. The molecule has 1 aliphatic heterocycles. The maximum absolute atomic E-state index is 14.0. The summed E-state index contributed by atoms with van der Waals surface area (Å²) < 4.78 is 72.8. The van der Waals surface area contributed by atoms with Crippen LogP contribution >= 0.6 is 0 Å². The van der Waals surface area contributed by atoms with Crippen molar-refractivity contribution < 1.29 is 31.5 Å². The number of carbonyl (C=O) groups excluding carboxylic acids is 1. The largest absolute Gasteiger partial charge is 0.416 e. The van der Waals surface area contributed by atoms with Crippen molar-refractivity contribution in [2.24, 2.45) is 0 Å². The summed E-state index contributed by atoms with van der Waals surface area (Å²) in [5.74, 6) is -14.0. The summed E-state index contributed by atoms with van der Waals surface area (Å²) in [5.41, 5.74) is 2.63. The fraction of sp³-hybridized carbons (Fsp3) is 0.250. The number of allylic oxidation sites excluding steroid dienone is 1. The van der Waals surface area contributed by atoms with E-state index in [2.05, 4.69) is 33.6 Å². The molecule has 1 aliphatic rings. The number of hydrogen-bond donors (Lipinski definition) is 0. The van der Waals surface area contributed by atoms with E-state index in [1.807, 2.05) is 18.2 Å². The van der Waals surface area contributed by atoms with Crippen molar-refractivity contribution in [2.75, 3.05) is 24.5 Å². The van der Waals surface area contributed by atoms with E-state index >= 15 is 0 Å². The van der Waals surface area contributed by atoms with Gasteiger partial charge in [0.05, 0.1) is 5.56 Å². The second-order valence-electron chi connectivity index (χ2n) is 8.81. The van der Waals surface area contributed by atoms with E-state index in [9.17, 15) is 26.7 Å². The molecule has 0 bridgehead atoms. The molecule has 0 spiro atoms. The van der Waals surface area contributed by atoms with Crippen molar-refractivity contribution in [1.82, 2.24) is 4.90 Å². The fourth-order valence-corrected chi connectivity index (χ4v) is 4.38. The van der Waals surface area contributed by atoms with E-state index in [1.165, 1.54) is 17.7 Å². The van der Waals surface area contributed by atoms with E-state index in [1.54, 1.807) is 25.1 Å². The molecule has 0 N–H and O–H groups in total. The van der Waals surface area contributed by atoms with Crippen LogP contribution in [0.1, 0.15) is 35.3 Å². The first kappa shape index (κ1) is 26.3. The lowest BCUT2D eigenvalue weighted by Crippen LogP contribution is -2.51. The summed E-state index contributed by atoms with van der Waals surface area (Å²) in [4.78, 5) is 17.2. The molecule has 0 aliphatic carbocycles. The zero-order chi connectivity index (χ0) is 26.7. The molecular weight excluding hydrogens is 491 g/mol. The predicted molar refractivity (Wildman–Crippen MR) is 131 cm³/mol. The summed E-state index contributed by atoms with van der Waals surface area (Å²) in [5, 5.41) is 0. The average Bonchev–Trinajstić information content (AvgIpc) is 2.90. The number of anilines is 1. The Bertz CT molecular complexity index is 1300. The molecule has 3 aromatic rings. The lowest BCUT2D eigenvalue weighted by Gasteiger charge is -2.41. The summed E-state index contributed by atoms with van der Waals surface area (Å²) in [6.07, 6.45) is 3.54. The van der Waals surface area contributed by atoms with Gasteiger partial charge >= 0.3 is 5.97 Å². The first-order chi connectivity index (χ1) is 17.7. The summed E-state index contributed by atoms with van der Waals surface area (Å²) >= 11 is 0. The molecule has 9 heteroatoms. The van der Waals surface area contributed by atoms with Gasteiger partial charge in [-0.1, -0.05) is 42.5 Å². The molecule has 1 heterocycles. The quantitative estimate of drug-likeness (QED) is 0.126. The normalized spacial score (nSPS) is 16.4. The predicted octanol–water partition coefficient (Wildman–Crippen LogP) is 6.35. The van der Waals surface area contributed by atoms with Gasteiger partial charge in [-0.15, -0.1) is 0 Å².